The van der Waals surface area contributed by atoms with E-state index in [4.69, 9.17) is 9.47 Å². The molecule has 0 spiro atoms. The van der Waals surface area contributed by atoms with Gasteiger partial charge in [-0.05, 0) is 25.5 Å². The fraction of sp³-hybridized carbons (Fsp3) is 0.389. The zero-order chi connectivity index (χ0) is 17.9. The number of carbonyl (C=O) groups is 3. The predicted octanol–water partition coefficient (Wildman–Crippen LogP) is 1.93. The number of benzene rings is 1. The van der Waals surface area contributed by atoms with Crippen molar-refractivity contribution in [2.24, 2.45) is 0 Å². The van der Waals surface area contributed by atoms with Crippen LogP contribution in [-0.4, -0.2) is 42.5 Å². The molecule has 0 aliphatic carbocycles. The van der Waals surface area contributed by atoms with Crippen LogP contribution in [-0.2, 0) is 23.9 Å². The van der Waals surface area contributed by atoms with Crippen molar-refractivity contribution in [3.63, 3.8) is 0 Å². The van der Waals surface area contributed by atoms with Gasteiger partial charge in [0.2, 0.25) is 5.91 Å². The quantitative estimate of drug-likeness (QED) is 0.788. The second kappa shape index (κ2) is 7.29. The van der Waals surface area contributed by atoms with E-state index in [9.17, 15) is 14.4 Å². The predicted molar refractivity (Wildman–Crippen MR) is 87.0 cm³/mol. The van der Waals surface area contributed by atoms with E-state index in [2.05, 4.69) is 0 Å². The first-order chi connectivity index (χ1) is 11.4. The van der Waals surface area contributed by atoms with Gasteiger partial charge in [-0.25, -0.2) is 9.59 Å². The molecule has 0 unspecified atom stereocenters. The fourth-order valence-corrected chi connectivity index (χ4v) is 2.83. The van der Waals surface area contributed by atoms with Gasteiger partial charge >= 0.3 is 11.9 Å². The van der Waals surface area contributed by atoms with Crippen LogP contribution in [0.5, 0.6) is 0 Å². The summed E-state index contributed by atoms with van der Waals surface area (Å²) in [4.78, 5) is 38.0. The second-order valence-corrected chi connectivity index (χ2v) is 5.55. The number of rotatable bonds is 4. The van der Waals surface area contributed by atoms with Crippen molar-refractivity contribution >= 4 is 17.8 Å². The Kier molecular flexibility index (Phi) is 5.39. The first-order valence-electron chi connectivity index (χ1n) is 7.72. The Morgan fingerprint density at radius 1 is 1.17 bits per heavy atom. The maximum absolute atomic E-state index is 12.2. The van der Waals surface area contributed by atoms with E-state index in [1.165, 1.54) is 25.0 Å². The average Bonchev–Trinajstić information content (AvgIpc) is 2.96. The molecule has 2 atom stereocenters. The van der Waals surface area contributed by atoms with Crippen LogP contribution in [0.25, 0.3) is 0 Å². The Balaban J connectivity index is 2.52. The highest BCUT2D eigenvalue weighted by atomic mass is 16.5. The molecular formula is C18H21NO5. The molecule has 1 amide bonds. The molecule has 1 heterocycles. The number of ether oxygens (including phenoxy) is 2. The topological polar surface area (TPSA) is 72.9 Å². The van der Waals surface area contributed by atoms with Crippen LogP contribution in [0.15, 0.2) is 35.9 Å². The summed E-state index contributed by atoms with van der Waals surface area (Å²) in [6, 6.07) is 5.83. The minimum absolute atomic E-state index is 0.192. The summed E-state index contributed by atoms with van der Waals surface area (Å²) < 4.78 is 9.87. The SMILES string of the molecule is CCOC(=O)[C@H]1C=C(C(=O)OC)[C@@H](c2ccc(C)cc2)N1C(C)=O. The van der Waals surface area contributed by atoms with Gasteiger partial charge in [-0.15, -0.1) is 0 Å². The molecule has 0 N–H and O–H groups in total. The van der Waals surface area contributed by atoms with E-state index in [0.717, 1.165) is 11.1 Å². The molecule has 1 aromatic rings. The van der Waals surface area contributed by atoms with Crippen molar-refractivity contribution in [2.45, 2.75) is 32.9 Å². The molecule has 0 saturated carbocycles. The first kappa shape index (κ1) is 17.7. The minimum Gasteiger partial charge on any atom is -0.466 e. The summed E-state index contributed by atoms with van der Waals surface area (Å²) >= 11 is 0. The number of methoxy groups -OCH3 is 1. The van der Waals surface area contributed by atoms with Gasteiger partial charge in [-0.2, -0.15) is 0 Å². The molecule has 6 nitrogen and oxygen atoms in total. The van der Waals surface area contributed by atoms with Gasteiger partial charge in [0.1, 0.15) is 6.04 Å². The number of aryl methyl sites for hydroxylation is 1. The summed E-state index contributed by atoms with van der Waals surface area (Å²) in [6.45, 7) is 5.19. The lowest BCUT2D eigenvalue weighted by Crippen LogP contribution is -2.42. The molecule has 1 aliphatic rings. The Hall–Kier alpha value is -2.63. The number of esters is 2. The highest BCUT2D eigenvalue weighted by Gasteiger charge is 2.44. The number of carbonyl (C=O) groups excluding carboxylic acids is 3. The zero-order valence-electron chi connectivity index (χ0n) is 14.2. The first-order valence-corrected chi connectivity index (χ1v) is 7.72. The average molecular weight is 331 g/mol. The molecule has 0 saturated heterocycles. The Bertz CT molecular complexity index is 677. The van der Waals surface area contributed by atoms with Crippen molar-refractivity contribution in [1.29, 1.82) is 0 Å². The smallest absolute Gasteiger partial charge is 0.335 e. The molecule has 0 fully saturated rings. The maximum Gasteiger partial charge on any atom is 0.335 e. The van der Waals surface area contributed by atoms with Crippen LogP contribution in [0.4, 0.5) is 0 Å². The highest BCUT2D eigenvalue weighted by Crippen LogP contribution is 2.38. The largest absolute Gasteiger partial charge is 0.466 e. The Labute approximate surface area is 141 Å². The van der Waals surface area contributed by atoms with Crippen LogP contribution in [0.3, 0.4) is 0 Å². The van der Waals surface area contributed by atoms with Crippen LogP contribution in [0, 0.1) is 6.92 Å². The summed E-state index contributed by atoms with van der Waals surface area (Å²) in [7, 11) is 1.27. The van der Waals surface area contributed by atoms with Gasteiger partial charge in [0.25, 0.3) is 0 Å². The molecule has 0 bridgehead atoms. The second-order valence-electron chi connectivity index (χ2n) is 5.55. The fourth-order valence-electron chi connectivity index (χ4n) is 2.83. The standard InChI is InChI=1S/C18H21NO5/c1-5-24-18(22)15-10-14(17(21)23-4)16(19(15)12(3)20)13-8-6-11(2)7-9-13/h6-10,15-16H,5H2,1-4H3/t15-,16-/m1/s1. The van der Waals surface area contributed by atoms with Crippen molar-refractivity contribution in [1.82, 2.24) is 4.90 Å². The highest BCUT2D eigenvalue weighted by molar-refractivity contribution is 5.96. The van der Waals surface area contributed by atoms with E-state index >= 15 is 0 Å². The normalized spacial score (nSPS) is 19.7. The molecule has 0 aromatic heterocycles. The number of nitrogens with zero attached hydrogens (tertiary/aromatic N) is 1. The van der Waals surface area contributed by atoms with Crippen LogP contribution in [0.2, 0.25) is 0 Å². The third-order valence-corrected chi connectivity index (χ3v) is 3.92. The molecule has 1 aromatic carbocycles. The van der Waals surface area contributed by atoms with Gasteiger partial charge < -0.3 is 14.4 Å². The molecular weight excluding hydrogens is 310 g/mol. The summed E-state index contributed by atoms with van der Waals surface area (Å²) in [6.07, 6.45) is 1.45. The van der Waals surface area contributed by atoms with Crippen molar-refractivity contribution in [2.75, 3.05) is 13.7 Å². The van der Waals surface area contributed by atoms with Gasteiger partial charge in [-0.3, -0.25) is 4.79 Å². The third kappa shape index (κ3) is 3.32. The summed E-state index contributed by atoms with van der Waals surface area (Å²) in [5.41, 5.74) is 2.05. The van der Waals surface area contributed by atoms with Crippen LogP contribution < -0.4 is 0 Å². The zero-order valence-corrected chi connectivity index (χ0v) is 14.2. The number of hydrogen-bond donors (Lipinski definition) is 0. The van der Waals surface area contributed by atoms with Gasteiger partial charge in [-0.1, -0.05) is 29.8 Å². The monoisotopic (exact) mass is 331 g/mol. The molecule has 128 valence electrons. The van der Waals surface area contributed by atoms with E-state index in [-0.39, 0.29) is 18.1 Å². The molecule has 1 aliphatic heterocycles. The summed E-state index contributed by atoms with van der Waals surface area (Å²) in [5, 5.41) is 0. The molecule has 0 radical (unpaired) electrons. The lowest BCUT2D eigenvalue weighted by molar-refractivity contribution is -0.152. The van der Waals surface area contributed by atoms with Gasteiger partial charge in [0.15, 0.2) is 0 Å². The molecule has 2 rings (SSSR count). The molecule has 24 heavy (non-hydrogen) atoms. The maximum atomic E-state index is 12.2. The molecule has 6 heteroatoms. The van der Waals surface area contributed by atoms with Crippen molar-refractivity contribution in [3.8, 4) is 0 Å². The van der Waals surface area contributed by atoms with E-state index < -0.39 is 24.0 Å². The Morgan fingerprint density at radius 3 is 2.29 bits per heavy atom. The summed E-state index contributed by atoms with van der Waals surface area (Å²) in [5.74, 6) is -1.46. The van der Waals surface area contributed by atoms with Gasteiger partial charge in [0.05, 0.1) is 25.3 Å². The van der Waals surface area contributed by atoms with E-state index in [0.29, 0.717) is 0 Å². The minimum atomic E-state index is -0.942. The van der Waals surface area contributed by atoms with Crippen LogP contribution in [0.1, 0.15) is 31.0 Å². The van der Waals surface area contributed by atoms with E-state index in [1.54, 1.807) is 6.92 Å². The third-order valence-electron chi connectivity index (χ3n) is 3.92. The van der Waals surface area contributed by atoms with Gasteiger partial charge in [0, 0.05) is 6.92 Å². The van der Waals surface area contributed by atoms with Crippen molar-refractivity contribution in [3.05, 3.63) is 47.0 Å². The van der Waals surface area contributed by atoms with Crippen LogP contribution >= 0.6 is 0 Å². The number of amides is 1. The van der Waals surface area contributed by atoms with Crippen molar-refractivity contribution < 1.29 is 23.9 Å². The lowest BCUT2D eigenvalue weighted by atomic mass is 9.99. The van der Waals surface area contributed by atoms with E-state index in [1.807, 2.05) is 31.2 Å². The Morgan fingerprint density at radius 2 is 1.79 bits per heavy atom. The number of hydrogen-bond acceptors (Lipinski definition) is 5. The lowest BCUT2D eigenvalue weighted by Gasteiger charge is -2.29.